The van der Waals surface area contributed by atoms with Crippen LogP contribution in [0.4, 0.5) is 0 Å². The maximum atomic E-state index is 11.6. The van der Waals surface area contributed by atoms with Gasteiger partial charge in [0.05, 0.1) is 12.2 Å². The summed E-state index contributed by atoms with van der Waals surface area (Å²) in [6, 6.07) is 1.86. The van der Waals surface area contributed by atoms with E-state index in [1.165, 1.54) is 18.4 Å². The average Bonchev–Trinajstić information content (AvgIpc) is 2.81. The van der Waals surface area contributed by atoms with Crippen LogP contribution in [0.25, 0.3) is 0 Å². The molecule has 0 atom stereocenters. The Morgan fingerprint density at radius 3 is 3.12 bits per heavy atom. The van der Waals surface area contributed by atoms with Crippen LogP contribution < -0.4 is 5.32 Å². The molecule has 1 aliphatic carbocycles. The number of hydrogen-bond acceptors (Lipinski definition) is 2. The number of allylic oxidation sites excluding steroid dienone is 1. The number of aromatic amines is 1. The molecule has 2 rings (SSSR count). The van der Waals surface area contributed by atoms with Gasteiger partial charge in [0.15, 0.2) is 0 Å². The van der Waals surface area contributed by atoms with Gasteiger partial charge in [0.2, 0.25) is 5.91 Å². The summed E-state index contributed by atoms with van der Waals surface area (Å²) in [6.45, 7) is 0.534. The molecular weight excluding hydrogens is 202 g/mol. The fraction of sp³-hybridized carbons (Fsp3) is 0.500. The summed E-state index contributed by atoms with van der Waals surface area (Å²) in [5.41, 5.74) is 2.22. The lowest BCUT2D eigenvalue weighted by Crippen LogP contribution is -2.23. The van der Waals surface area contributed by atoms with Crippen molar-refractivity contribution in [2.45, 2.75) is 38.6 Å². The topological polar surface area (TPSA) is 57.8 Å². The Morgan fingerprint density at radius 1 is 1.50 bits per heavy atom. The Labute approximate surface area is 95.1 Å². The molecule has 86 valence electrons. The minimum atomic E-state index is 0.0998. The number of nitrogens with zero attached hydrogens (tertiary/aromatic N) is 1. The third-order valence-corrected chi connectivity index (χ3v) is 2.81. The van der Waals surface area contributed by atoms with Crippen LogP contribution in [0.1, 0.15) is 37.8 Å². The van der Waals surface area contributed by atoms with Crippen LogP contribution in [0, 0.1) is 0 Å². The first kappa shape index (κ1) is 10.9. The number of rotatable bonds is 4. The zero-order valence-electron chi connectivity index (χ0n) is 9.33. The van der Waals surface area contributed by atoms with Crippen LogP contribution in [-0.2, 0) is 11.3 Å². The number of amides is 1. The molecule has 0 fully saturated rings. The monoisotopic (exact) mass is 219 g/mol. The van der Waals surface area contributed by atoms with E-state index in [2.05, 4.69) is 21.6 Å². The third kappa shape index (κ3) is 3.22. The molecule has 0 aromatic carbocycles. The number of aromatic nitrogens is 2. The molecule has 0 bridgehead atoms. The third-order valence-electron chi connectivity index (χ3n) is 2.81. The van der Waals surface area contributed by atoms with E-state index in [9.17, 15) is 4.79 Å². The first-order chi connectivity index (χ1) is 7.84. The Balaban J connectivity index is 1.74. The van der Waals surface area contributed by atoms with Crippen molar-refractivity contribution in [3.63, 3.8) is 0 Å². The van der Waals surface area contributed by atoms with Gasteiger partial charge < -0.3 is 5.32 Å². The van der Waals surface area contributed by atoms with Gasteiger partial charge in [0.25, 0.3) is 0 Å². The highest BCUT2D eigenvalue weighted by Crippen LogP contribution is 2.19. The predicted molar refractivity (Wildman–Crippen MR) is 61.6 cm³/mol. The molecular formula is C12H17N3O. The van der Waals surface area contributed by atoms with E-state index < -0.39 is 0 Å². The van der Waals surface area contributed by atoms with Crippen molar-refractivity contribution in [1.29, 1.82) is 0 Å². The van der Waals surface area contributed by atoms with Gasteiger partial charge in [-0.25, -0.2) is 0 Å². The molecule has 0 saturated heterocycles. The van der Waals surface area contributed by atoms with Crippen LogP contribution >= 0.6 is 0 Å². The van der Waals surface area contributed by atoms with E-state index in [4.69, 9.17) is 0 Å². The molecule has 1 heterocycles. The zero-order chi connectivity index (χ0) is 11.2. The second-order valence-electron chi connectivity index (χ2n) is 4.14. The predicted octanol–water partition coefficient (Wildman–Crippen LogP) is 1.92. The fourth-order valence-corrected chi connectivity index (χ4v) is 1.91. The van der Waals surface area contributed by atoms with Crippen molar-refractivity contribution in [2.75, 3.05) is 0 Å². The van der Waals surface area contributed by atoms with Crippen LogP contribution in [0.15, 0.2) is 23.9 Å². The largest absolute Gasteiger partial charge is 0.350 e. The van der Waals surface area contributed by atoms with E-state index in [1.54, 1.807) is 6.20 Å². The molecule has 1 aromatic heterocycles. The SMILES string of the molecule is O=C(CC1=CCCCC1)NCc1ccn[nH]1. The first-order valence-electron chi connectivity index (χ1n) is 5.77. The number of carbonyl (C=O) groups excluding carboxylic acids is 1. The molecule has 0 aliphatic heterocycles. The van der Waals surface area contributed by atoms with Crippen molar-refractivity contribution >= 4 is 5.91 Å². The molecule has 1 aliphatic rings. The minimum Gasteiger partial charge on any atom is -0.350 e. The lowest BCUT2D eigenvalue weighted by atomic mass is 9.97. The Morgan fingerprint density at radius 2 is 2.44 bits per heavy atom. The molecule has 2 N–H and O–H groups in total. The van der Waals surface area contributed by atoms with E-state index >= 15 is 0 Å². The molecule has 4 heteroatoms. The van der Waals surface area contributed by atoms with Gasteiger partial charge in [-0.15, -0.1) is 0 Å². The quantitative estimate of drug-likeness (QED) is 0.760. The van der Waals surface area contributed by atoms with Crippen LogP contribution in [0.5, 0.6) is 0 Å². The number of H-pyrrole nitrogens is 1. The first-order valence-corrected chi connectivity index (χ1v) is 5.77. The van der Waals surface area contributed by atoms with E-state index in [1.807, 2.05) is 6.07 Å². The normalized spacial score (nSPS) is 15.6. The summed E-state index contributed by atoms with van der Waals surface area (Å²) in [5.74, 6) is 0.0998. The van der Waals surface area contributed by atoms with Crippen molar-refractivity contribution in [3.8, 4) is 0 Å². The molecule has 0 saturated carbocycles. The highest BCUT2D eigenvalue weighted by molar-refractivity contribution is 5.78. The highest BCUT2D eigenvalue weighted by Gasteiger charge is 2.08. The molecule has 4 nitrogen and oxygen atoms in total. The lowest BCUT2D eigenvalue weighted by molar-refractivity contribution is -0.120. The summed E-state index contributed by atoms with van der Waals surface area (Å²) in [4.78, 5) is 11.6. The fourth-order valence-electron chi connectivity index (χ4n) is 1.91. The summed E-state index contributed by atoms with van der Waals surface area (Å²) in [7, 11) is 0. The van der Waals surface area contributed by atoms with E-state index in [0.717, 1.165) is 18.5 Å². The maximum Gasteiger partial charge on any atom is 0.224 e. The number of carbonyl (C=O) groups is 1. The molecule has 1 amide bonds. The van der Waals surface area contributed by atoms with Gasteiger partial charge in [-0.3, -0.25) is 9.89 Å². The summed E-state index contributed by atoms with van der Waals surface area (Å²) in [5, 5.41) is 9.53. The van der Waals surface area contributed by atoms with Gasteiger partial charge in [0.1, 0.15) is 0 Å². The molecule has 0 unspecified atom stereocenters. The minimum absolute atomic E-state index is 0.0998. The van der Waals surface area contributed by atoms with Crippen LogP contribution in [-0.4, -0.2) is 16.1 Å². The summed E-state index contributed by atoms with van der Waals surface area (Å²) < 4.78 is 0. The van der Waals surface area contributed by atoms with E-state index in [-0.39, 0.29) is 5.91 Å². The standard InChI is InChI=1S/C12H17N3O/c16-12(8-10-4-2-1-3-5-10)13-9-11-6-7-14-15-11/h4,6-7H,1-3,5,8-9H2,(H,13,16)(H,14,15). The average molecular weight is 219 g/mol. The molecule has 0 spiro atoms. The number of nitrogens with one attached hydrogen (secondary N) is 2. The number of hydrogen-bond donors (Lipinski definition) is 2. The van der Waals surface area contributed by atoms with Crippen molar-refractivity contribution in [3.05, 3.63) is 29.6 Å². The van der Waals surface area contributed by atoms with Crippen molar-refractivity contribution < 1.29 is 4.79 Å². The van der Waals surface area contributed by atoms with Crippen molar-refractivity contribution in [1.82, 2.24) is 15.5 Å². The highest BCUT2D eigenvalue weighted by atomic mass is 16.1. The summed E-state index contributed by atoms with van der Waals surface area (Å²) >= 11 is 0. The van der Waals surface area contributed by atoms with Gasteiger partial charge in [0, 0.05) is 12.6 Å². The zero-order valence-corrected chi connectivity index (χ0v) is 9.33. The van der Waals surface area contributed by atoms with E-state index in [0.29, 0.717) is 13.0 Å². The molecule has 1 aromatic rings. The molecule has 16 heavy (non-hydrogen) atoms. The van der Waals surface area contributed by atoms with Crippen LogP contribution in [0.2, 0.25) is 0 Å². The summed E-state index contributed by atoms with van der Waals surface area (Å²) in [6.07, 6.45) is 9.14. The molecule has 0 radical (unpaired) electrons. The van der Waals surface area contributed by atoms with Gasteiger partial charge in [-0.1, -0.05) is 11.6 Å². The van der Waals surface area contributed by atoms with Gasteiger partial charge in [-0.05, 0) is 31.7 Å². The smallest absolute Gasteiger partial charge is 0.224 e. The Bertz CT molecular complexity index is 368. The maximum absolute atomic E-state index is 11.6. The van der Waals surface area contributed by atoms with Gasteiger partial charge >= 0.3 is 0 Å². The van der Waals surface area contributed by atoms with Crippen LogP contribution in [0.3, 0.4) is 0 Å². The second kappa shape index (κ2) is 5.49. The lowest BCUT2D eigenvalue weighted by Gasteiger charge is -2.12. The van der Waals surface area contributed by atoms with Gasteiger partial charge in [-0.2, -0.15) is 5.10 Å². The Hall–Kier alpha value is -1.58. The van der Waals surface area contributed by atoms with Crippen molar-refractivity contribution in [2.24, 2.45) is 0 Å². The Kier molecular flexibility index (Phi) is 3.75. The second-order valence-corrected chi connectivity index (χ2v) is 4.14.